The fourth-order valence-electron chi connectivity index (χ4n) is 3.14. The van der Waals surface area contributed by atoms with Gasteiger partial charge in [0.2, 0.25) is 5.91 Å². The Kier molecular flexibility index (Phi) is 8.28. The molecule has 7 nitrogen and oxygen atoms in total. The van der Waals surface area contributed by atoms with Crippen molar-refractivity contribution in [3.8, 4) is 6.07 Å². The Morgan fingerprint density at radius 3 is 2.76 bits per heavy atom. The predicted molar refractivity (Wildman–Crippen MR) is 118 cm³/mol. The molecule has 8 heteroatoms. The smallest absolute Gasteiger partial charge is 0.221 e. The van der Waals surface area contributed by atoms with Crippen molar-refractivity contribution in [1.29, 1.82) is 5.26 Å². The zero-order chi connectivity index (χ0) is 21.4. The van der Waals surface area contributed by atoms with E-state index in [2.05, 4.69) is 51.7 Å². The van der Waals surface area contributed by atoms with E-state index in [1.54, 1.807) is 6.92 Å². The summed E-state index contributed by atoms with van der Waals surface area (Å²) in [7, 11) is 0. The molecule has 1 heterocycles. The van der Waals surface area contributed by atoms with Crippen LogP contribution in [0.5, 0.6) is 0 Å². The molecule has 0 fully saturated rings. The van der Waals surface area contributed by atoms with Crippen molar-refractivity contribution in [1.82, 2.24) is 4.37 Å². The van der Waals surface area contributed by atoms with Gasteiger partial charge in [-0.3, -0.25) is 4.79 Å². The summed E-state index contributed by atoms with van der Waals surface area (Å²) in [6.45, 7) is 10.7. The van der Waals surface area contributed by atoms with Crippen molar-refractivity contribution in [2.75, 3.05) is 16.8 Å². The topological polar surface area (TPSA) is 93.7 Å². The predicted octanol–water partition coefficient (Wildman–Crippen LogP) is 6.10. The molecule has 1 aromatic heterocycles. The minimum absolute atomic E-state index is 0.174. The second-order valence-corrected chi connectivity index (χ2v) is 7.67. The monoisotopic (exact) mass is 412 g/mol. The molecule has 29 heavy (non-hydrogen) atoms. The van der Waals surface area contributed by atoms with E-state index in [0.29, 0.717) is 33.7 Å². The van der Waals surface area contributed by atoms with Crippen LogP contribution in [0.25, 0.3) is 0 Å². The van der Waals surface area contributed by atoms with Gasteiger partial charge in [-0.1, -0.05) is 19.8 Å². The number of nitriles is 1. The molecule has 2 rings (SSSR count). The molecule has 0 spiro atoms. The van der Waals surface area contributed by atoms with E-state index in [-0.39, 0.29) is 5.91 Å². The lowest BCUT2D eigenvalue weighted by molar-refractivity contribution is -0.114. The highest BCUT2D eigenvalue weighted by atomic mass is 32.1. The Morgan fingerprint density at radius 2 is 2.14 bits per heavy atom. The number of hydrogen-bond donors (Lipinski definition) is 1. The largest absolute Gasteiger partial charge is 0.369 e. The maximum Gasteiger partial charge on any atom is 0.221 e. The van der Waals surface area contributed by atoms with Crippen LogP contribution in [0.2, 0.25) is 0 Å². The Bertz CT molecular complexity index is 914. The third-order valence-corrected chi connectivity index (χ3v) is 5.50. The average molecular weight is 413 g/mol. The molecule has 0 bridgehead atoms. The van der Waals surface area contributed by atoms with Crippen LogP contribution in [0.1, 0.15) is 58.2 Å². The van der Waals surface area contributed by atoms with Crippen LogP contribution < -0.4 is 10.2 Å². The molecule has 0 radical (unpaired) electrons. The molecular formula is C21H28N6OS. The highest BCUT2D eigenvalue weighted by molar-refractivity contribution is 7.10. The van der Waals surface area contributed by atoms with E-state index in [1.165, 1.54) is 19.8 Å². The molecule has 154 valence electrons. The molecule has 1 N–H and O–H groups in total. The maximum absolute atomic E-state index is 11.7. The van der Waals surface area contributed by atoms with Crippen LogP contribution in [-0.4, -0.2) is 22.9 Å². The first-order valence-electron chi connectivity index (χ1n) is 9.87. The summed E-state index contributed by atoms with van der Waals surface area (Å²) < 4.78 is 4.15. The molecular weight excluding hydrogens is 384 g/mol. The van der Waals surface area contributed by atoms with Crippen molar-refractivity contribution in [3.63, 3.8) is 0 Å². The van der Waals surface area contributed by atoms with Crippen molar-refractivity contribution < 1.29 is 4.79 Å². The summed E-state index contributed by atoms with van der Waals surface area (Å²) in [6, 6.07) is 8.28. The fourth-order valence-corrected chi connectivity index (χ4v) is 3.81. The van der Waals surface area contributed by atoms with E-state index < -0.39 is 0 Å². The number of aromatic nitrogens is 1. The van der Waals surface area contributed by atoms with E-state index in [0.717, 1.165) is 30.2 Å². The van der Waals surface area contributed by atoms with Gasteiger partial charge >= 0.3 is 0 Å². The second kappa shape index (κ2) is 10.7. The molecule has 0 aliphatic heterocycles. The van der Waals surface area contributed by atoms with Gasteiger partial charge in [-0.25, -0.2) is 0 Å². The van der Waals surface area contributed by atoms with Gasteiger partial charge in [0.05, 0.1) is 11.4 Å². The van der Waals surface area contributed by atoms with Gasteiger partial charge < -0.3 is 10.2 Å². The molecule has 2 aromatic rings. The van der Waals surface area contributed by atoms with Crippen LogP contribution in [0, 0.1) is 18.3 Å². The number of amides is 1. The molecule has 1 atom stereocenters. The van der Waals surface area contributed by atoms with E-state index in [1.807, 2.05) is 18.2 Å². The summed E-state index contributed by atoms with van der Waals surface area (Å²) in [4.78, 5) is 14.0. The molecule has 1 unspecified atom stereocenters. The first-order chi connectivity index (χ1) is 13.9. The maximum atomic E-state index is 11.7. The van der Waals surface area contributed by atoms with Gasteiger partial charge in [-0.05, 0) is 56.9 Å². The summed E-state index contributed by atoms with van der Waals surface area (Å²) in [5.41, 5.74) is 3.24. The van der Waals surface area contributed by atoms with Crippen LogP contribution in [0.3, 0.4) is 0 Å². The lowest BCUT2D eigenvalue weighted by Crippen LogP contribution is -2.32. The van der Waals surface area contributed by atoms with E-state index in [9.17, 15) is 10.1 Å². The Labute approximate surface area is 176 Å². The van der Waals surface area contributed by atoms with Gasteiger partial charge in [-0.15, -0.1) is 10.2 Å². The van der Waals surface area contributed by atoms with Crippen LogP contribution in [0.15, 0.2) is 28.4 Å². The number of carbonyl (C=O) groups is 1. The summed E-state index contributed by atoms with van der Waals surface area (Å²) in [5.74, 6) is -0.174. The fraction of sp³-hybridized carbons (Fsp3) is 0.476. The van der Waals surface area contributed by atoms with Crippen LogP contribution in [-0.2, 0) is 4.79 Å². The van der Waals surface area contributed by atoms with Crippen molar-refractivity contribution in [2.45, 2.75) is 59.9 Å². The second-order valence-electron chi connectivity index (χ2n) is 6.92. The Balaban J connectivity index is 2.37. The van der Waals surface area contributed by atoms with Crippen molar-refractivity contribution in [3.05, 3.63) is 29.5 Å². The minimum atomic E-state index is -0.174. The van der Waals surface area contributed by atoms with Gasteiger partial charge in [0.25, 0.3) is 0 Å². The molecule has 0 aliphatic carbocycles. The van der Waals surface area contributed by atoms with Gasteiger partial charge in [0, 0.05) is 25.2 Å². The number of benzene rings is 1. The number of nitrogens with zero attached hydrogens (tertiary/aromatic N) is 5. The number of unbranched alkanes of at least 4 members (excludes halogenated alkanes) is 1. The van der Waals surface area contributed by atoms with Crippen LogP contribution in [0.4, 0.5) is 22.1 Å². The Hall–Kier alpha value is -2.79. The standard InChI is InChI=1S/C21H28N6OS/c1-6-8-9-14(3)27(7-2)17-10-11-19(20(12-17)23-16(5)28)24-25-21-18(13-22)15(4)26-29-21/h10-12,14H,6-9H2,1-5H3,(H,23,28). The number of rotatable bonds is 9. The molecule has 0 saturated heterocycles. The number of azo groups is 1. The van der Waals surface area contributed by atoms with E-state index >= 15 is 0 Å². The first-order valence-corrected chi connectivity index (χ1v) is 10.6. The SMILES string of the molecule is CCCCC(C)N(CC)c1ccc(N=Nc2snc(C)c2C#N)c(NC(C)=O)c1. The quantitative estimate of drug-likeness (QED) is 0.503. The summed E-state index contributed by atoms with van der Waals surface area (Å²) >= 11 is 1.13. The lowest BCUT2D eigenvalue weighted by Gasteiger charge is -2.31. The van der Waals surface area contributed by atoms with Gasteiger partial charge in [0.15, 0.2) is 5.00 Å². The molecule has 0 saturated carbocycles. The zero-order valence-electron chi connectivity index (χ0n) is 17.7. The summed E-state index contributed by atoms with van der Waals surface area (Å²) in [5, 5.41) is 21.0. The molecule has 1 aromatic carbocycles. The highest BCUT2D eigenvalue weighted by Gasteiger charge is 2.15. The van der Waals surface area contributed by atoms with Crippen molar-refractivity contribution in [2.24, 2.45) is 10.2 Å². The molecule has 0 aliphatic rings. The van der Waals surface area contributed by atoms with E-state index in [4.69, 9.17) is 0 Å². The third kappa shape index (κ3) is 5.84. The number of carbonyl (C=O) groups excluding carboxylic acids is 1. The van der Waals surface area contributed by atoms with Crippen LogP contribution >= 0.6 is 11.5 Å². The van der Waals surface area contributed by atoms with Gasteiger partial charge in [0.1, 0.15) is 17.3 Å². The van der Waals surface area contributed by atoms with Gasteiger partial charge in [-0.2, -0.15) is 9.64 Å². The normalized spacial score (nSPS) is 12.0. The summed E-state index contributed by atoms with van der Waals surface area (Å²) in [6.07, 6.45) is 3.46. The van der Waals surface area contributed by atoms with Crippen molar-refractivity contribution >= 4 is 39.5 Å². The number of aryl methyl sites for hydroxylation is 1. The number of nitrogens with one attached hydrogen (secondary N) is 1. The number of hydrogen-bond acceptors (Lipinski definition) is 7. The average Bonchev–Trinajstić information content (AvgIpc) is 3.05. The lowest BCUT2D eigenvalue weighted by atomic mass is 10.1. The number of anilines is 2. The first kappa shape index (κ1) is 22.5. The zero-order valence-corrected chi connectivity index (χ0v) is 18.5. The highest BCUT2D eigenvalue weighted by Crippen LogP contribution is 2.34. The third-order valence-electron chi connectivity index (χ3n) is 4.68. The Morgan fingerprint density at radius 1 is 1.38 bits per heavy atom. The minimum Gasteiger partial charge on any atom is -0.369 e. The molecule has 1 amide bonds.